The summed E-state index contributed by atoms with van der Waals surface area (Å²) in [6.07, 6.45) is 1.59. The van der Waals surface area contributed by atoms with Gasteiger partial charge in [-0.3, -0.25) is 9.10 Å². The average molecular weight is 463 g/mol. The molecular weight excluding hydrogens is 432 g/mol. The summed E-state index contributed by atoms with van der Waals surface area (Å²) < 4.78 is 42.9. The van der Waals surface area contributed by atoms with Crippen molar-refractivity contribution in [3.63, 3.8) is 0 Å². The topological polar surface area (TPSA) is 94.2 Å². The Morgan fingerprint density at radius 3 is 2.53 bits per heavy atom. The molecule has 0 saturated heterocycles. The normalized spacial score (nSPS) is 17.0. The number of anilines is 1. The molecule has 9 heteroatoms. The maximum Gasteiger partial charge on any atom is 0.241 e. The highest BCUT2D eigenvalue weighted by Crippen LogP contribution is 2.41. The Morgan fingerprint density at radius 1 is 1.19 bits per heavy atom. The van der Waals surface area contributed by atoms with E-state index in [-0.39, 0.29) is 12.6 Å². The predicted molar refractivity (Wildman–Crippen MR) is 123 cm³/mol. The molecule has 8 nitrogen and oxygen atoms in total. The number of rotatable bonds is 7. The van der Waals surface area contributed by atoms with Crippen LogP contribution in [-0.2, 0) is 14.8 Å². The lowest BCUT2D eigenvalue weighted by molar-refractivity contribution is -0.120. The van der Waals surface area contributed by atoms with Crippen molar-refractivity contribution >= 4 is 21.6 Å². The molecule has 1 aliphatic rings. The fraction of sp³-hybridized carbons (Fsp3) is 0.435. The second-order valence-electron chi connectivity index (χ2n) is 8.53. The number of hydrogen-bond donors (Lipinski definition) is 1. The summed E-state index contributed by atoms with van der Waals surface area (Å²) in [6.45, 7) is 5.35. The number of benzene rings is 2. The summed E-state index contributed by atoms with van der Waals surface area (Å²) in [6, 6.07) is 10.3. The molecule has 0 aromatic heterocycles. The SMILES string of the molecule is COc1ccc2c(c1)C(NC(=O)CN(c1cc(C)ccc1OC)S(C)(=O)=O)CC(C)(C)O2. The molecule has 0 radical (unpaired) electrons. The van der Waals surface area contributed by atoms with E-state index in [0.717, 1.165) is 21.7 Å². The zero-order valence-corrected chi connectivity index (χ0v) is 20.1. The zero-order valence-electron chi connectivity index (χ0n) is 19.3. The van der Waals surface area contributed by atoms with Crippen molar-refractivity contribution in [2.24, 2.45) is 0 Å². The number of aryl methyl sites for hydroxylation is 1. The number of hydrogen-bond acceptors (Lipinski definition) is 6. The first-order chi connectivity index (χ1) is 14.9. The highest BCUT2D eigenvalue weighted by Gasteiger charge is 2.35. The van der Waals surface area contributed by atoms with Crippen LogP contribution >= 0.6 is 0 Å². The van der Waals surface area contributed by atoms with Crippen LogP contribution in [0.4, 0.5) is 5.69 Å². The number of carbonyl (C=O) groups is 1. The molecule has 0 aliphatic carbocycles. The van der Waals surface area contributed by atoms with Crippen LogP contribution in [0.5, 0.6) is 17.2 Å². The number of methoxy groups -OCH3 is 2. The molecule has 174 valence electrons. The summed E-state index contributed by atoms with van der Waals surface area (Å²) in [7, 11) is -0.716. The second-order valence-corrected chi connectivity index (χ2v) is 10.4. The average Bonchev–Trinajstić information content (AvgIpc) is 2.70. The van der Waals surface area contributed by atoms with Gasteiger partial charge in [-0.2, -0.15) is 0 Å². The van der Waals surface area contributed by atoms with Crippen molar-refractivity contribution in [2.75, 3.05) is 31.3 Å². The first kappa shape index (κ1) is 23.7. The molecule has 3 rings (SSSR count). The number of sulfonamides is 1. The molecule has 1 unspecified atom stereocenters. The van der Waals surface area contributed by atoms with E-state index in [1.54, 1.807) is 25.3 Å². The molecule has 0 bridgehead atoms. The molecule has 2 aromatic carbocycles. The van der Waals surface area contributed by atoms with Gasteiger partial charge in [0.15, 0.2) is 0 Å². The van der Waals surface area contributed by atoms with Crippen molar-refractivity contribution < 1.29 is 27.4 Å². The third-order valence-corrected chi connectivity index (χ3v) is 6.43. The minimum atomic E-state index is -3.75. The smallest absolute Gasteiger partial charge is 0.241 e. The Balaban J connectivity index is 1.90. The van der Waals surface area contributed by atoms with E-state index in [0.29, 0.717) is 29.4 Å². The van der Waals surface area contributed by atoms with Crippen LogP contribution in [0.2, 0.25) is 0 Å². The minimum absolute atomic E-state index is 0.319. The molecule has 1 atom stereocenters. The Morgan fingerprint density at radius 2 is 1.91 bits per heavy atom. The van der Waals surface area contributed by atoms with E-state index in [1.807, 2.05) is 39.0 Å². The predicted octanol–water partition coefficient (Wildman–Crippen LogP) is 3.20. The van der Waals surface area contributed by atoms with Gasteiger partial charge in [0.2, 0.25) is 15.9 Å². The summed E-state index contributed by atoms with van der Waals surface area (Å²) in [5, 5.41) is 2.99. The number of amides is 1. The first-order valence-electron chi connectivity index (χ1n) is 10.2. The monoisotopic (exact) mass is 462 g/mol. The number of fused-ring (bicyclic) bond motifs is 1. The van der Waals surface area contributed by atoms with Gasteiger partial charge in [-0.15, -0.1) is 0 Å². The van der Waals surface area contributed by atoms with Crippen LogP contribution in [0.15, 0.2) is 36.4 Å². The number of carbonyl (C=O) groups excluding carboxylic acids is 1. The Kier molecular flexibility index (Phi) is 6.59. The van der Waals surface area contributed by atoms with E-state index in [9.17, 15) is 13.2 Å². The number of nitrogens with zero attached hydrogens (tertiary/aromatic N) is 1. The third kappa shape index (κ3) is 5.27. The molecule has 0 saturated carbocycles. The van der Waals surface area contributed by atoms with Crippen LogP contribution in [0.25, 0.3) is 0 Å². The Bertz CT molecular complexity index is 1110. The molecule has 1 heterocycles. The highest BCUT2D eigenvalue weighted by molar-refractivity contribution is 7.92. The third-order valence-electron chi connectivity index (χ3n) is 5.30. The maximum atomic E-state index is 13.1. The molecule has 1 amide bonds. The molecule has 0 fully saturated rings. The molecule has 1 N–H and O–H groups in total. The van der Waals surface area contributed by atoms with Crippen molar-refractivity contribution in [1.29, 1.82) is 0 Å². The van der Waals surface area contributed by atoms with Gasteiger partial charge < -0.3 is 19.5 Å². The van der Waals surface area contributed by atoms with Crippen LogP contribution in [0, 0.1) is 6.92 Å². The molecule has 2 aromatic rings. The van der Waals surface area contributed by atoms with Gasteiger partial charge in [-0.25, -0.2) is 8.42 Å². The quantitative estimate of drug-likeness (QED) is 0.679. The number of nitrogens with one attached hydrogen (secondary N) is 1. The van der Waals surface area contributed by atoms with Gasteiger partial charge in [0, 0.05) is 12.0 Å². The van der Waals surface area contributed by atoms with E-state index in [1.165, 1.54) is 7.11 Å². The lowest BCUT2D eigenvalue weighted by Gasteiger charge is -2.38. The van der Waals surface area contributed by atoms with Crippen molar-refractivity contribution in [1.82, 2.24) is 5.32 Å². The molecule has 32 heavy (non-hydrogen) atoms. The molecule has 1 aliphatic heterocycles. The van der Waals surface area contributed by atoms with Crippen LogP contribution < -0.4 is 23.8 Å². The van der Waals surface area contributed by atoms with Crippen molar-refractivity contribution in [2.45, 2.75) is 38.8 Å². The zero-order chi connectivity index (χ0) is 23.7. The maximum absolute atomic E-state index is 13.1. The van der Waals surface area contributed by atoms with E-state index < -0.39 is 21.5 Å². The Hall–Kier alpha value is -2.94. The Labute approximate surface area is 189 Å². The van der Waals surface area contributed by atoms with Crippen LogP contribution in [0.1, 0.15) is 37.4 Å². The number of ether oxygens (including phenoxy) is 3. The van der Waals surface area contributed by atoms with Crippen molar-refractivity contribution in [3.8, 4) is 17.2 Å². The summed E-state index contributed by atoms with van der Waals surface area (Å²) >= 11 is 0. The van der Waals surface area contributed by atoms with Gasteiger partial charge in [0.1, 0.15) is 29.4 Å². The lowest BCUT2D eigenvalue weighted by Crippen LogP contribution is -2.45. The fourth-order valence-electron chi connectivity index (χ4n) is 3.83. The fourth-order valence-corrected chi connectivity index (χ4v) is 4.69. The summed E-state index contributed by atoms with van der Waals surface area (Å²) in [5.41, 5.74) is 1.45. The van der Waals surface area contributed by atoms with E-state index in [2.05, 4.69) is 5.32 Å². The van der Waals surface area contributed by atoms with Crippen LogP contribution in [0.3, 0.4) is 0 Å². The lowest BCUT2D eigenvalue weighted by atomic mass is 9.89. The van der Waals surface area contributed by atoms with Gasteiger partial charge >= 0.3 is 0 Å². The first-order valence-corrected chi connectivity index (χ1v) is 12.1. The van der Waals surface area contributed by atoms with Gasteiger partial charge in [-0.05, 0) is 56.7 Å². The van der Waals surface area contributed by atoms with E-state index in [4.69, 9.17) is 14.2 Å². The minimum Gasteiger partial charge on any atom is -0.497 e. The largest absolute Gasteiger partial charge is 0.497 e. The van der Waals surface area contributed by atoms with E-state index >= 15 is 0 Å². The van der Waals surface area contributed by atoms with Crippen LogP contribution in [-0.4, -0.2) is 46.9 Å². The van der Waals surface area contributed by atoms with Gasteiger partial charge in [-0.1, -0.05) is 6.07 Å². The highest BCUT2D eigenvalue weighted by atomic mass is 32.2. The standard InChI is InChI=1S/C23H30N2O6S/c1-15-7-9-21(30-5)19(11-15)25(32(6,27)28)14-22(26)24-18-13-23(2,3)31-20-10-8-16(29-4)12-17(18)20/h7-12,18H,13-14H2,1-6H3,(H,24,26). The van der Waals surface area contributed by atoms with Crippen molar-refractivity contribution in [3.05, 3.63) is 47.5 Å². The molecule has 0 spiro atoms. The van der Waals surface area contributed by atoms with Gasteiger partial charge in [0.25, 0.3) is 0 Å². The summed E-state index contributed by atoms with van der Waals surface area (Å²) in [4.78, 5) is 13.1. The summed E-state index contributed by atoms with van der Waals surface area (Å²) in [5.74, 6) is 1.24. The molecular formula is C23H30N2O6S. The van der Waals surface area contributed by atoms with Gasteiger partial charge in [0.05, 0.1) is 32.2 Å². The second kappa shape index (κ2) is 8.90.